The molecule has 0 bridgehead atoms. The Morgan fingerprint density at radius 3 is 1.65 bits per heavy atom. The standard InChI is InChI=1S/C15H12O2.2H3N.Pt/c16-14(12-7-3-1-4-8-12)11-15(17)13-9-5-2-6-10-13;;;/h1-11,16H;2*1H3;/b14-11-;;;. The van der Waals surface area contributed by atoms with Crippen LogP contribution >= 0.6 is 0 Å². The van der Waals surface area contributed by atoms with Crippen molar-refractivity contribution in [3.63, 3.8) is 0 Å². The van der Waals surface area contributed by atoms with Crippen LogP contribution in [0.1, 0.15) is 15.9 Å². The van der Waals surface area contributed by atoms with Crippen LogP contribution in [0.3, 0.4) is 0 Å². The fourth-order valence-corrected chi connectivity index (χ4v) is 1.50. The average molecular weight is 453 g/mol. The Hall–Kier alpha value is -1.74. The topological polar surface area (TPSA) is 107 Å². The normalized spacial score (nSPS) is 9.50. The van der Waals surface area contributed by atoms with E-state index in [0.717, 1.165) is 0 Å². The Kier molecular flexibility index (Phi) is 10.4. The van der Waals surface area contributed by atoms with Gasteiger partial charge in [-0.25, -0.2) is 0 Å². The van der Waals surface area contributed by atoms with Gasteiger partial charge in [0.25, 0.3) is 0 Å². The molecule has 0 unspecified atom stereocenters. The first-order valence-corrected chi connectivity index (χ1v) is 5.33. The second-order valence-electron chi connectivity index (χ2n) is 3.63. The maximum atomic E-state index is 11.8. The largest absolute Gasteiger partial charge is 0.507 e. The molecule has 2 aromatic rings. The smallest absolute Gasteiger partial charge is 0.189 e. The minimum Gasteiger partial charge on any atom is -0.507 e. The molecule has 5 heteroatoms. The van der Waals surface area contributed by atoms with E-state index in [-0.39, 0.29) is 44.9 Å². The number of hydrogen-bond acceptors (Lipinski definition) is 4. The van der Waals surface area contributed by atoms with Crippen molar-refractivity contribution in [2.45, 2.75) is 0 Å². The van der Waals surface area contributed by atoms with Crippen molar-refractivity contribution in [1.29, 1.82) is 0 Å². The molecule has 0 atom stereocenters. The van der Waals surface area contributed by atoms with Crippen LogP contribution in [-0.4, -0.2) is 10.9 Å². The zero-order valence-electron chi connectivity index (χ0n) is 10.9. The van der Waals surface area contributed by atoms with Crippen molar-refractivity contribution in [1.82, 2.24) is 12.3 Å². The van der Waals surface area contributed by atoms with Crippen LogP contribution in [-0.2, 0) is 21.1 Å². The molecule has 0 radical (unpaired) electrons. The summed E-state index contributed by atoms with van der Waals surface area (Å²) in [6, 6.07) is 17.9. The van der Waals surface area contributed by atoms with Crippen molar-refractivity contribution < 1.29 is 31.0 Å². The number of hydrogen-bond donors (Lipinski definition) is 3. The maximum absolute atomic E-state index is 11.8. The first-order chi connectivity index (χ1) is 8.27. The number of rotatable bonds is 3. The third kappa shape index (κ3) is 5.49. The van der Waals surface area contributed by atoms with Gasteiger partial charge in [-0.2, -0.15) is 0 Å². The molecule has 0 heterocycles. The van der Waals surface area contributed by atoms with Gasteiger partial charge in [-0.05, 0) is 0 Å². The number of ketones is 1. The van der Waals surface area contributed by atoms with Gasteiger partial charge in [0.2, 0.25) is 0 Å². The molecule has 0 fully saturated rings. The van der Waals surface area contributed by atoms with E-state index < -0.39 is 0 Å². The number of benzene rings is 2. The Labute approximate surface area is 133 Å². The van der Waals surface area contributed by atoms with Crippen molar-refractivity contribution in [2.75, 3.05) is 0 Å². The summed E-state index contributed by atoms with van der Waals surface area (Å²) in [5.41, 5.74) is 1.20. The van der Waals surface area contributed by atoms with Gasteiger partial charge in [-0.1, -0.05) is 60.7 Å². The summed E-state index contributed by atoms with van der Waals surface area (Å²) in [6.45, 7) is 0. The van der Waals surface area contributed by atoms with Crippen LogP contribution in [0.2, 0.25) is 0 Å². The number of aliphatic hydroxyl groups excluding tert-OH is 1. The molecule has 0 amide bonds. The van der Waals surface area contributed by atoms with Gasteiger partial charge in [0.1, 0.15) is 5.76 Å². The minimum atomic E-state index is -0.202. The first kappa shape index (κ1) is 20.6. The summed E-state index contributed by atoms with van der Waals surface area (Å²) >= 11 is 0. The van der Waals surface area contributed by atoms with E-state index in [2.05, 4.69) is 0 Å². The van der Waals surface area contributed by atoms with Crippen LogP contribution in [0.15, 0.2) is 66.7 Å². The van der Waals surface area contributed by atoms with Gasteiger partial charge in [0, 0.05) is 38.3 Å². The number of carbonyl (C=O) groups excluding carboxylic acids is 1. The monoisotopic (exact) mass is 453 g/mol. The molecule has 0 aliphatic heterocycles. The van der Waals surface area contributed by atoms with Crippen LogP contribution in [0.4, 0.5) is 0 Å². The third-order valence-corrected chi connectivity index (χ3v) is 2.40. The van der Waals surface area contributed by atoms with E-state index in [1.165, 1.54) is 6.08 Å². The predicted molar refractivity (Wildman–Crippen MR) is 77.9 cm³/mol. The summed E-state index contributed by atoms with van der Waals surface area (Å²) in [5.74, 6) is -0.216. The number of allylic oxidation sites excluding steroid dienone is 1. The van der Waals surface area contributed by atoms with Crippen molar-refractivity contribution in [3.05, 3.63) is 77.9 Å². The number of carbonyl (C=O) groups is 1. The molecule has 2 rings (SSSR count). The molecular weight excluding hydrogens is 435 g/mol. The molecule has 4 nitrogen and oxygen atoms in total. The van der Waals surface area contributed by atoms with Crippen LogP contribution < -0.4 is 12.3 Å². The Morgan fingerprint density at radius 2 is 1.20 bits per heavy atom. The molecular formula is C15H18N2O2Pt. The van der Waals surface area contributed by atoms with E-state index in [1.807, 2.05) is 24.3 Å². The molecule has 0 aliphatic carbocycles. The van der Waals surface area contributed by atoms with Gasteiger partial charge < -0.3 is 17.4 Å². The predicted octanol–water partition coefficient (Wildman–Crippen LogP) is 3.79. The van der Waals surface area contributed by atoms with Crippen molar-refractivity contribution in [3.8, 4) is 0 Å². The molecule has 0 aliphatic rings. The zero-order valence-corrected chi connectivity index (χ0v) is 13.2. The van der Waals surface area contributed by atoms with Crippen LogP contribution in [0.25, 0.3) is 5.76 Å². The van der Waals surface area contributed by atoms with Crippen LogP contribution in [0, 0.1) is 0 Å². The van der Waals surface area contributed by atoms with E-state index in [4.69, 9.17) is 0 Å². The SMILES string of the molecule is N.N.O=C(/C=C(\O)c1ccccc1)c1ccccc1.[Pt]. The Balaban J connectivity index is 0. The summed E-state index contributed by atoms with van der Waals surface area (Å²) < 4.78 is 0. The molecule has 20 heavy (non-hydrogen) atoms. The molecule has 0 aromatic heterocycles. The molecule has 0 spiro atoms. The van der Waals surface area contributed by atoms with E-state index >= 15 is 0 Å². The van der Waals surface area contributed by atoms with Gasteiger partial charge in [-0.3, -0.25) is 4.79 Å². The molecule has 0 saturated heterocycles. The number of aliphatic hydroxyl groups is 1. The van der Waals surface area contributed by atoms with E-state index in [9.17, 15) is 9.90 Å². The summed E-state index contributed by atoms with van der Waals surface area (Å²) in [4.78, 5) is 11.8. The minimum absolute atomic E-state index is 0. The molecule has 0 saturated carbocycles. The Morgan fingerprint density at radius 1 is 0.800 bits per heavy atom. The average Bonchev–Trinajstić information content (AvgIpc) is 2.40. The molecule has 7 N–H and O–H groups in total. The fraction of sp³-hybridized carbons (Fsp3) is 0. The van der Waals surface area contributed by atoms with Gasteiger partial charge in [-0.15, -0.1) is 0 Å². The summed E-state index contributed by atoms with van der Waals surface area (Å²) in [6.07, 6.45) is 1.24. The van der Waals surface area contributed by atoms with E-state index in [0.29, 0.717) is 11.1 Å². The molecule has 2 aromatic carbocycles. The first-order valence-electron chi connectivity index (χ1n) is 5.33. The van der Waals surface area contributed by atoms with Crippen LogP contribution in [0.5, 0.6) is 0 Å². The second kappa shape index (κ2) is 10.1. The Bertz CT molecular complexity index is 542. The van der Waals surface area contributed by atoms with Gasteiger partial charge in [0.15, 0.2) is 5.78 Å². The zero-order chi connectivity index (χ0) is 12.1. The van der Waals surface area contributed by atoms with Crippen molar-refractivity contribution in [2.24, 2.45) is 0 Å². The fourth-order valence-electron chi connectivity index (χ4n) is 1.50. The summed E-state index contributed by atoms with van der Waals surface area (Å²) in [5, 5.41) is 9.79. The van der Waals surface area contributed by atoms with E-state index in [1.54, 1.807) is 36.4 Å². The quantitative estimate of drug-likeness (QED) is 0.373. The summed E-state index contributed by atoms with van der Waals surface area (Å²) in [7, 11) is 0. The third-order valence-electron chi connectivity index (χ3n) is 2.40. The molecule has 110 valence electrons. The maximum Gasteiger partial charge on any atom is 0.189 e. The van der Waals surface area contributed by atoms with Gasteiger partial charge in [0.05, 0.1) is 0 Å². The van der Waals surface area contributed by atoms with Crippen molar-refractivity contribution >= 4 is 11.5 Å². The second-order valence-corrected chi connectivity index (χ2v) is 3.63. The van der Waals surface area contributed by atoms with Gasteiger partial charge >= 0.3 is 0 Å².